The van der Waals surface area contributed by atoms with E-state index in [0.29, 0.717) is 10.8 Å². The Morgan fingerprint density at radius 3 is 2.55 bits per heavy atom. The average Bonchev–Trinajstić information content (AvgIpc) is 2.43. The number of halogens is 1. The Hall–Kier alpha value is -1.45. The zero-order valence-electron chi connectivity index (χ0n) is 11.2. The van der Waals surface area contributed by atoms with E-state index in [1.54, 1.807) is 36.0 Å². The van der Waals surface area contributed by atoms with Crippen LogP contribution in [0.15, 0.2) is 48.5 Å². The van der Waals surface area contributed by atoms with Crippen molar-refractivity contribution in [2.24, 2.45) is 0 Å². The lowest BCUT2D eigenvalue weighted by molar-refractivity contribution is -0.113. The molecule has 0 bridgehead atoms. The standard InChI is InChI=1S/C16H16ClNOS/c1-12-4-2-3-5-13(12)10-20-11-16(19)18-15-8-6-14(17)7-9-15/h2-9H,10-11H2,1H3,(H,18,19). The first-order chi connectivity index (χ1) is 9.65. The van der Waals surface area contributed by atoms with Crippen molar-refractivity contribution in [2.45, 2.75) is 12.7 Å². The summed E-state index contributed by atoms with van der Waals surface area (Å²) >= 11 is 7.41. The highest BCUT2D eigenvalue weighted by atomic mass is 35.5. The van der Waals surface area contributed by atoms with Gasteiger partial charge in [0.1, 0.15) is 0 Å². The SMILES string of the molecule is Cc1ccccc1CSCC(=O)Nc1ccc(Cl)cc1. The van der Waals surface area contributed by atoms with Gasteiger partial charge < -0.3 is 5.32 Å². The lowest BCUT2D eigenvalue weighted by Crippen LogP contribution is -2.14. The Labute approximate surface area is 128 Å². The predicted molar refractivity (Wildman–Crippen MR) is 87.4 cm³/mol. The average molecular weight is 306 g/mol. The van der Waals surface area contributed by atoms with Crippen molar-refractivity contribution >= 4 is 35.0 Å². The molecule has 0 aliphatic heterocycles. The van der Waals surface area contributed by atoms with Gasteiger partial charge in [0.15, 0.2) is 0 Å². The first-order valence-corrected chi connectivity index (χ1v) is 7.86. The van der Waals surface area contributed by atoms with Crippen molar-refractivity contribution in [2.75, 3.05) is 11.1 Å². The molecule has 0 fully saturated rings. The molecule has 0 spiro atoms. The van der Waals surface area contributed by atoms with Crippen LogP contribution in [0.1, 0.15) is 11.1 Å². The molecular weight excluding hydrogens is 290 g/mol. The summed E-state index contributed by atoms with van der Waals surface area (Å²) in [6, 6.07) is 15.4. The van der Waals surface area contributed by atoms with E-state index in [9.17, 15) is 4.79 Å². The van der Waals surface area contributed by atoms with Gasteiger partial charge in [-0.3, -0.25) is 4.79 Å². The lowest BCUT2D eigenvalue weighted by atomic mass is 10.1. The van der Waals surface area contributed by atoms with Crippen LogP contribution in [0.2, 0.25) is 5.02 Å². The van der Waals surface area contributed by atoms with Gasteiger partial charge in [0.25, 0.3) is 0 Å². The fraction of sp³-hybridized carbons (Fsp3) is 0.188. The van der Waals surface area contributed by atoms with E-state index in [1.807, 2.05) is 12.1 Å². The Balaban J connectivity index is 1.78. The van der Waals surface area contributed by atoms with Crippen LogP contribution in [-0.4, -0.2) is 11.7 Å². The van der Waals surface area contributed by atoms with E-state index in [1.165, 1.54) is 11.1 Å². The summed E-state index contributed by atoms with van der Waals surface area (Å²) in [6.07, 6.45) is 0. The van der Waals surface area contributed by atoms with Crippen LogP contribution in [0.25, 0.3) is 0 Å². The van der Waals surface area contributed by atoms with Gasteiger partial charge in [-0.1, -0.05) is 35.9 Å². The fourth-order valence-electron chi connectivity index (χ4n) is 1.76. The smallest absolute Gasteiger partial charge is 0.234 e. The maximum atomic E-state index is 11.8. The zero-order valence-corrected chi connectivity index (χ0v) is 12.8. The number of thioether (sulfide) groups is 1. The van der Waals surface area contributed by atoms with E-state index in [2.05, 4.69) is 24.4 Å². The topological polar surface area (TPSA) is 29.1 Å². The Morgan fingerprint density at radius 2 is 1.85 bits per heavy atom. The second-order valence-electron chi connectivity index (χ2n) is 4.47. The molecule has 0 heterocycles. The zero-order chi connectivity index (χ0) is 14.4. The third-order valence-corrected chi connectivity index (χ3v) is 4.11. The monoisotopic (exact) mass is 305 g/mol. The van der Waals surface area contributed by atoms with E-state index >= 15 is 0 Å². The van der Waals surface area contributed by atoms with Crippen LogP contribution < -0.4 is 5.32 Å². The molecule has 0 radical (unpaired) electrons. The molecule has 1 N–H and O–H groups in total. The third-order valence-electron chi connectivity index (χ3n) is 2.88. The highest BCUT2D eigenvalue weighted by Crippen LogP contribution is 2.17. The molecule has 0 aliphatic rings. The third kappa shape index (κ3) is 4.58. The fourth-order valence-corrected chi connectivity index (χ4v) is 2.79. The van der Waals surface area contributed by atoms with Crippen LogP contribution in [0.3, 0.4) is 0 Å². The molecule has 20 heavy (non-hydrogen) atoms. The van der Waals surface area contributed by atoms with Gasteiger partial charge in [0, 0.05) is 16.5 Å². The number of nitrogens with one attached hydrogen (secondary N) is 1. The number of hydrogen-bond acceptors (Lipinski definition) is 2. The molecule has 0 atom stereocenters. The highest BCUT2D eigenvalue weighted by Gasteiger charge is 2.04. The summed E-state index contributed by atoms with van der Waals surface area (Å²) in [7, 11) is 0. The summed E-state index contributed by atoms with van der Waals surface area (Å²) < 4.78 is 0. The summed E-state index contributed by atoms with van der Waals surface area (Å²) in [6.45, 7) is 2.09. The Bertz CT molecular complexity index is 583. The summed E-state index contributed by atoms with van der Waals surface area (Å²) in [5.41, 5.74) is 3.31. The number of aryl methyl sites for hydroxylation is 1. The molecular formula is C16H16ClNOS. The van der Waals surface area contributed by atoms with Gasteiger partial charge in [-0.25, -0.2) is 0 Å². The van der Waals surface area contributed by atoms with Crippen LogP contribution in [-0.2, 0) is 10.5 Å². The number of anilines is 1. The minimum absolute atomic E-state index is 0.00547. The lowest BCUT2D eigenvalue weighted by Gasteiger charge is -2.07. The molecule has 0 saturated heterocycles. The Kier molecular flexibility index (Phi) is 5.50. The van der Waals surface area contributed by atoms with Crippen molar-refractivity contribution in [3.63, 3.8) is 0 Å². The maximum absolute atomic E-state index is 11.8. The summed E-state index contributed by atoms with van der Waals surface area (Å²) in [5, 5.41) is 3.52. The molecule has 0 aromatic heterocycles. The first-order valence-electron chi connectivity index (χ1n) is 6.33. The first kappa shape index (κ1) is 14.9. The minimum atomic E-state index is 0.00547. The summed E-state index contributed by atoms with van der Waals surface area (Å²) in [5.74, 6) is 1.29. The van der Waals surface area contributed by atoms with E-state index in [4.69, 9.17) is 11.6 Å². The van der Waals surface area contributed by atoms with Gasteiger partial charge in [-0.2, -0.15) is 0 Å². The predicted octanol–water partition coefficient (Wildman–Crippen LogP) is 4.52. The molecule has 0 saturated carbocycles. The van der Waals surface area contributed by atoms with Crippen LogP contribution in [0, 0.1) is 6.92 Å². The second-order valence-corrected chi connectivity index (χ2v) is 5.90. The van der Waals surface area contributed by atoms with Gasteiger partial charge >= 0.3 is 0 Å². The van der Waals surface area contributed by atoms with Crippen LogP contribution >= 0.6 is 23.4 Å². The van der Waals surface area contributed by atoms with Crippen molar-refractivity contribution in [3.05, 3.63) is 64.7 Å². The molecule has 104 valence electrons. The van der Waals surface area contributed by atoms with Crippen LogP contribution in [0.5, 0.6) is 0 Å². The van der Waals surface area contributed by atoms with Crippen molar-refractivity contribution in [1.82, 2.24) is 0 Å². The van der Waals surface area contributed by atoms with Crippen molar-refractivity contribution < 1.29 is 4.79 Å². The number of hydrogen-bond donors (Lipinski definition) is 1. The minimum Gasteiger partial charge on any atom is -0.325 e. The molecule has 2 aromatic carbocycles. The maximum Gasteiger partial charge on any atom is 0.234 e. The van der Waals surface area contributed by atoms with Crippen LogP contribution in [0.4, 0.5) is 5.69 Å². The Morgan fingerprint density at radius 1 is 1.15 bits per heavy atom. The van der Waals surface area contributed by atoms with Gasteiger partial charge in [0.05, 0.1) is 5.75 Å². The number of carbonyl (C=O) groups is 1. The van der Waals surface area contributed by atoms with E-state index < -0.39 is 0 Å². The molecule has 1 amide bonds. The van der Waals surface area contributed by atoms with Gasteiger partial charge in [-0.05, 0) is 42.3 Å². The largest absolute Gasteiger partial charge is 0.325 e. The van der Waals surface area contributed by atoms with Gasteiger partial charge in [-0.15, -0.1) is 11.8 Å². The molecule has 0 unspecified atom stereocenters. The number of carbonyl (C=O) groups excluding carboxylic acids is 1. The van der Waals surface area contributed by atoms with Gasteiger partial charge in [0.2, 0.25) is 5.91 Å². The normalized spacial score (nSPS) is 10.3. The molecule has 2 nitrogen and oxygen atoms in total. The quantitative estimate of drug-likeness (QED) is 0.880. The summed E-state index contributed by atoms with van der Waals surface area (Å²) in [4.78, 5) is 11.8. The highest BCUT2D eigenvalue weighted by molar-refractivity contribution is 7.99. The molecule has 2 rings (SSSR count). The molecule has 0 aliphatic carbocycles. The van der Waals surface area contributed by atoms with E-state index in [0.717, 1.165) is 11.4 Å². The number of benzene rings is 2. The van der Waals surface area contributed by atoms with Crippen molar-refractivity contribution in [3.8, 4) is 0 Å². The number of amides is 1. The second kappa shape index (κ2) is 7.36. The molecule has 4 heteroatoms. The van der Waals surface area contributed by atoms with Crippen molar-refractivity contribution in [1.29, 1.82) is 0 Å². The number of rotatable bonds is 5. The molecule has 2 aromatic rings. The van der Waals surface area contributed by atoms with E-state index in [-0.39, 0.29) is 5.91 Å².